The summed E-state index contributed by atoms with van der Waals surface area (Å²) in [4.78, 5) is 16.2. The minimum Gasteiger partial charge on any atom is -0.465 e. The van der Waals surface area contributed by atoms with E-state index in [1.54, 1.807) is 26.0 Å². The highest BCUT2D eigenvalue weighted by molar-refractivity contribution is 5.89. The molecule has 1 fully saturated rings. The quantitative estimate of drug-likeness (QED) is 0.774. The third-order valence-corrected chi connectivity index (χ3v) is 4.52. The van der Waals surface area contributed by atoms with E-state index in [2.05, 4.69) is 23.6 Å². The normalized spacial score (nSPS) is 23.2. The molecule has 0 aromatic heterocycles. The van der Waals surface area contributed by atoms with E-state index in [-0.39, 0.29) is 5.97 Å². The van der Waals surface area contributed by atoms with Crippen molar-refractivity contribution in [3.8, 4) is 0 Å². The largest absolute Gasteiger partial charge is 0.465 e. The lowest BCUT2D eigenvalue weighted by Gasteiger charge is -2.45. The number of benzene rings is 1. The van der Waals surface area contributed by atoms with Crippen LogP contribution in [0, 0.1) is 0 Å². The van der Waals surface area contributed by atoms with E-state index < -0.39 is 5.67 Å². The third-order valence-electron chi connectivity index (χ3n) is 4.52. The van der Waals surface area contributed by atoms with E-state index in [1.165, 1.54) is 12.7 Å². The van der Waals surface area contributed by atoms with Crippen LogP contribution < -0.4 is 0 Å². The minimum atomic E-state index is -1.16. The zero-order valence-corrected chi connectivity index (χ0v) is 15.4. The summed E-state index contributed by atoms with van der Waals surface area (Å²) < 4.78 is 18.6. The summed E-state index contributed by atoms with van der Waals surface area (Å²) in [5.74, 6) is -0.314. The number of methoxy groups -OCH3 is 1. The number of esters is 1. The Balaban J connectivity index is 1.99. The van der Waals surface area contributed by atoms with Gasteiger partial charge in [0, 0.05) is 38.3 Å². The van der Waals surface area contributed by atoms with Crippen LogP contribution in [0.1, 0.15) is 43.6 Å². The fourth-order valence-corrected chi connectivity index (χ4v) is 3.51. The van der Waals surface area contributed by atoms with Gasteiger partial charge < -0.3 is 4.74 Å². The molecule has 134 valence electrons. The number of rotatable bonds is 5. The second-order valence-corrected chi connectivity index (χ2v) is 7.47. The summed E-state index contributed by atoms with van der Waals surface area (Å²) in [6, 6.07) is 8.27. The number of hydrogen-bond donors (Lipinski definition) is 0. The third kappa shape index (κ3) is 5.02. The average molecular weight is 336 g/mol. The van der Waals surface area contributed by atoms with E-state index >= 15 is 0 Å². The van der Waals surface area contributed by atoms with E-state index in [0.29, 0.717) is 24.2 Å². The molecule has 0 aliphatic carbocycles. The van der Waals surface area contributed by atoms with Crippen LogP contribution in [0.15, 0.2) is 24.3 Å². The number of piperazine rings is 1. The molecule has 0 saturated carbocycles. The molecule has 5 heteroatoms. The highest BCUT2D eigenvalue weighted by Gasteiger charge is 2.32. The molecule has 0 bridgehead atoms. The fourth-order valence-electron chi connectivity index (χ4n) is 3.51. The van der Waals surface area contributed by atoms with Gasteiger partial charge in [0.05, 0.1) is 12.7 Å². The van der Waals surface area contributed by atoms with Gasteiger partial charge >= 0.3 is 5.97 Å². The molecule has 1 saturated heterocycles. The Kier molecular flexibility index (Phi) is 5.99. The number of carbonyl (C=O) groups is 1. The lowest BCUT2D eigenvalue weighted by molar-refractivity contribution is 0.00887. The van der Waals surface area contributed by atoms with Gasteiger partial charge in [0.15, 0.2) is 0 Å². The molecule has 0 spiro atoms. The molecule has 1 aromatic rings. The minimum absolute atomic E-state index is 0.314. The second-order valence-electron chi connectivity index (χ2n) is 7.47. The SMILES string of the molecule is COC(=O)c1ccc(CN2[C@H](C)CN(CC(C)(C)F)C[C@@H]2C)cc1. The van der Waals surface area contributed by atoms with Gasteiger partial charge in [-0.05, 0) is 45.4 Å². The molecule has 1 aromatic carbocycles. The van der Waals surface area contributed by atoms with Crippen molar-refractivity contribution in [3.63, 3.8) is 0 Å². The van der Waals surface area contributed by atoms with E-state index in [9.17, 15) is 9.18 Å². The topological polar surface area (TPSA) is 32.8 Å². The number of hydrogen-bond acceptors (Lipinski definition) is 4. The molecule has 2 atom stereocenters. The van der Waals surface area contributed by atoms with Gasteiger partial charge in [-0.2, -0.15) is 0 Å². The molecular formula is C19H29FN2O2. The first-order valence-corrected chi connectivity index (χ1v) is 8.54. The van der Waals surface area contributed by atoms with E-state index in [0.717, 1.165) is 19.6 Å². The highest BCUT2D eigenvalue weighted by atomic mass is 19.1. The summed E-state index contributed by atoms with van der Waals surface area (Å²) in [5.41, 5.74) is 0.573. The first-order chi connectivity index (χ1) is 11.2. The predicted octanol–water partition coefficient (Wildman–Crippen LogP) is 3.12. The van der Waals surface area contributed by atoms with Crippen LogP contribution in [-0.4, -0.2) is 60.3 Å². The van der Waals surface area contributed by atoms with Crippen LogP contribution in [0.2, 0.25) is 0 Å². The predicted molar refractivity (Wildman–Crippen MR) is 93.9 cm³/mol. The zero-order valence-electron chi connectivity index (χ0n) is 15.4. The molecule has 4 nitrogen and oxygen atoms in total. The Morgan fingerprint density at radius 1 is 1.21 bits per heavy atom. The van der Waals surface area contributed by atoms with Crippen LogP contribution in [0.5, 0.6) is 0 Å². The van der Waals surface area contributed by atoms with Crippen molar-refractivity contribution in [1.29, 1.82) is 0 Å². The van der Waals surface area contributed by atoms with Gasteiger partial charge in [0.2, 0.25) is 0 Å². The van der Waals surface area contributed by atoms with Crippen LogP contribution in [0.25, 0.3) is 0 Å². The molecule has 0 amide bonds. The standard InChI is InChI=1S/C19H29FN2O2/c1-14-10-21(13-19(3,4)20)11-15(2)22(14)12-16-6-8-17(9-7-16)18(23)24-5/h6-9,14-15H,10-13H2,1-5H3/t14-,15+. The van der Waals surface area contributed by atoms with Crippen molar-refractivity contribution in [3.05, 3.63) is 35.4 Å². The maximum atomic E-state index is 13.9. The Morgan fingerprint density at radius 3 is 2.21 bits per heavy atom. The molecule has 24 heavy (non-hydrogen) atoms. The van der Waals surface area contributed by atoms with Crippen LogP contribution >= 0.6 is 0 Å². The summed E-state index contributed by atoms with van der Waals surface area (Å²) in [6.07, 6.45) is 0. The molecule has 0 unspecified atom stereocenters. The van der Waals surface area contributed by atoms with Gasteiger partial charge in [0.1, 0.15) is 5.67 Å². The molecule has 1 aliphatic heterocycles. The zero-order chi connectivity index (χ0) is 17.9. The summed E-state index contributed by atoms with van der Waals surface area (Å²) in [5, 5.41) is 0. The van der Waals surface area contributed by atoms with Crippen molar-refractivity contribution in [2.45, 2.75) is 52.0 Å². The second kappa shape index (κ2) is 7.62. The number of nitrogens with zero attached hydrogens (tertiary/aromatic N) is 2. The monoisotopic (exact) mass is 336 g/mol. The number of carbonyl (C=O) groups excluding carboxylic acids is 1. The van der Waals surface area contributed by atoms with Gasteiger partial charge in [-0.3, -0.25) is 9.80 Å². The van der Waals surface area contributed by atoms with E-state index in [4.69, 9.17) is 4.74 Å². The Bertz CT molecular complexity index is 541. The Morgan fingerprint density at radius 2 is 1.75 bits per heavy atom. The summed E-state index contributed by atoms with van der Waals surface area (Å²) >= 11 is 0. The summed E-state index contributed by atoms with van der Waals surface area (Å²) in [7, 11) is 1.39. The van der Waals surface area contributed by atoms with Gasteiger partial charge in [-0.15, -0.1) is 0 Å². The van der Waals surface area contributed by atoms with Crippen molar-refractivity contribution in [2.75, 3.05) is 26.7 Å². The lowest BCUT2D eigenvalue weighted by Crippen LogP contribution is -2.57. The lowest BCUT2D eigenvalue weighted by atomic mass is 10.0. The maximum Gasteiger partial charge on any atom is 0.337 e. The average Bonchev–Trinajstić information content (AvgIpc) is 2.49. The van der Waals surface area contributed by atoms with Crippen molar-refractivity contribution in [2.24, 2.45) is 0 Å². The Hall–Kier alpha value is -1.46. The smallest absolute Gasteiger partial charge is 0.337 e. The number of alkyl halides is 1. The van der Waals surface area contributed by atoms with Gasteiger partial charge in [-0.25, -0.2) is 9.18 Å². The fraction of sp³-hybridized carbons (Fsp3) is 0.632. The Labute approximate surface area is 144 Å². The highest BCUT2D eigenvalue weighted by Crippen LogP contribution is 2.22. The van der Waals surface area contributed by atoms with Crippen LogP contribution in [0.3, 0.4) is 0 Å². The summed E-state index contributed by atoms with van der Waals surface area (Å²) in [6.45, 7) is 10.7. The first-order valence-electron chi connectivity index (χ1n) is 8.54. The molecule has 1 heterocycles. The van der Waals surface area contributed by atoms with E-state index in [1.807, 2.05) is 12.1 Å². The van der Waals surface area contributed by atoms with Crippen molar-refractivity contribution < 1.29 is 13.9 Å². The molecule has 0 radical (unpaired) electrons. The molecule has 1 aliphatic rings. The molecule has 2 rings (SSSR count). The van der Waals surface area contributed by atoms with Gasteiger partial charge in [0.25, 0.3) is 0 Å². The number of ether oxygens (including phenoxy) is 1. The maximum absolute atomic E-state index is 13.9. The first kappa shape index (κ1) is 18.9. The van der Waals surface area contributed by atoms with Crippen LogP contribution in [0.4, 0.5) is 4.39 Å². The molecular weight excluding hydrogens is 307 g/mol. The van der Waals surface area contributed by atoms with Crippen molar-refractivity contribution in [1.82, 2.24) is 9.80 Å². The molecule has 0 N–H and O–H groups in total. The number of halogens is 1. The van der Waals surface area contributed by atoms with Crippen LogP contribution in [-0.2, 0) is 11.3 Å². The van der Waals surface area contributed by atoms with Gasteiger partial charge in [-0.1, -0.05) is 12.1 Å². The van der Waals surface area contributed by atoms with Crippen molar-refractivity contribution >= 4 is 5.97 Å².